The maximum absolute atomic E-state index is 11.3. The van der Waals surface area contributed by atoms with Gasteiger partial charge in [-0.1, -0.05) is 6.92 Å². The lowest BCUT2D eigenvalue weighted by Crippen LogP contribution is -2.47. The SMILES string of the molecule is CCCNC(=O)CN1CCNCC1. The third-order valence-electron chi connectivity index (χ3n) is 2.15. The predicted molar refractivity (Wildman–Crippen MR) is 52.6 cm³/mol. The third-order valence-corrected chi connectivity index (χ3v) is 2.15. The smallest absolute Gasteiger partial charge is 0.234 e. The number of hydrogen-bond donors (Lipinski definition) is 2. The first kappa shape index (κ1) is 10.5. The second-order valence-corrected chi connectivity index (χ2v) is 3.38. The first-order chi connectivity index (χ1) is 6.33. The molecule has 0 radical (unpaired) electrons. The number of nitrogens with zero attached hydrogens (tertiary/aromatic N) is 1. The van der Waals surface area contributed by atoms with Crippen LogP contribution in [0.5, 0.6) is 0 Å². The number of piperazine rings is 1. The van der Waals surface area contributed by atoms with Crippen molar-refractivity contribution in [3.8, 4) is 0 Å². The van der Waals surface area contributed by atoms with E-state index in [9.17, 15) is 4.79 Å². The van der Waals surface area contributed by atoms with Crippen LogP contribution in [0.15, 0.2) is 0 Å². The van der Waals surface area contributed by atoms with Crippen molar-refractivity contribution in [2.45, 2.75) is 13.3 Å². The van der Waals surface area contributed by atoms with Crippen molar-refractivity contribution in [2.24, 2.45) is 0 Å². The van der Waals surface area contributed by atoms with Crippen molar-refractivity contribution in [1.82, 2.24) is 15.5 Å². The standard InChI is InChI=1S/C9H19N3O/c1-2-3-11-9(13)8-12-6-4-10-5-7-12/h10H,2-8H2,1H3,(H,11,13). The minimum absolute atomic E-state index is 0.156. The van der Waals surface area contributed by atoms with E-state index in [0.29, 0.717) is 6.54 Å². The fourth-order valence-electron chi connectivity index (χ4n) is 1.39. The molecular formula is C9H19N3O. The molecule has 1 heterocycles. The lowest BCUT2D eigenvalue weighted by Gasteiger charge is -2.26. The minimum atomic E-state index is 0.156. The van der Waals surface area contributed by atoms with Gasteiger partial charge in [-0.05, 0) is 6.42 Å². The molecule has 1 aliphatic rings. The zero-order valence-electron chi connectivity index (χ0n) is 8.31. The summed E-state index contributed by atoms with van der Waals surface area (Å²) in [5.41, 5.74) is 0. The molecule has 0 unspecified atom stereocenters. The van der Waals surface area contributed by atoms with Gasteiger partial charge in [-0.3, -0.25) is 9.69 Å². The molecule has 0 spiro atoms. The second-order valence-electron chi connectivity index (χ2n) is 3.38. The van der Waals surface area contributed by atoms with Crippen LogP contribution in [-0.4, -0.2) is 50.1 Å². The van der Waals surface area contributed by atoms with Crippen LogP contribution in [0.3, 0.4) is 0 Å². The topological polar surface area (TPSA) is 44.4 Å². The Morgan fingerprint density at radius 3 is 2.77 bits per heavy atom. The van der Waals surface area contributed by atoms with E-state index in [4.69, 9.17) is 0 Å². The van der Waals surface area contributed by atoms with Crippen LogP contribution in [0.2, 0.25) is 0 Å². The molecule has 0 saturated carbocycles. The Hall–Kier alpha value is -0.610. The molecule has 0 aliphatic carbocycles. The molecule has 1 aliphatic heterocycles. The van der Waals surface area contributed by atoms with E-state index >= 15 is 0 Å². The molecule has 0 aromatic heterocycles. The van der Waals surface area contributed by atoms with E-state index in [0.717, 1.165) is 39.1 Å². The highest BCUT2D eigenvalue weighted by Gasteiger charge is 2.12. The highest BCUT2D eigenvalue weighted by atomic mass is 16.2. The molecular weight excluding hydrogens is 166 g/mol. The molecule has 0 aromatic carbocycles. The molecule has 0 aromatic rings. The monoisotopic (exact) mass is 185 g/mol. The van der Waals surface area contributed by atoms with Crippen LogP contribution in [0.4, 0.5) is 0 Å². The lowest BCUT2D eigenvalue weighted by molar-refractivity contribution is -0.122. The fraction of sp³-hybridized carbons (Fsp3) is 0.889. The largest absolute Gasteiger partial charge is 0.355 e. The average molecular weight is 185 g/mol. The van der Waals surface area contributed by atoms with Gasteiger partial charge in [0.1, 0.15) is 0 Å². The Morgan fingerprint density at radius 2 is 2.15 bits per heavy atom. The van der Waals surface area contributed by atoms with Gasteiger partial charge in [-0.2, -0.15) is 0 Å². The molecule has 1 rings (SSSR count). The van der Waals surface area contributed by atoms with Crippen molar-refractivity contribution in [3.63, 3.8) is 0 Å². The summed E-state index contributed by atoms with van der Waals surface area (Å²) in [4.78, 5) is 13.5. The van der Waals surface area contributed by atoms with Crippen molar-refractivity contribution in [3.05, 3.63) is 0 Å². The number of nitrogens with one attached hydrogen (secondary N) is 2. The van der Waals surface area contributed by atoms with Crippen molar-refractivity contribution in [1.29, 1.82) is 0 Å². The Labute approximate surface area is 79.7 Å². The summed E-state index contributed by atoms with van der Waals surface area (Å²) in [7, 11) is 0. The highest BCUT2D eigenvalue weighted by molar-refractivity contribution is 5.77. The summed E-state index contributed by atoms with van der Waals surface area (Å²) < 4.78 is 0. The molecule has 76 valence electrons. The highest BCUT2D eigenvalue weighted by Crippen LogP contribution is 1.90. The molecule has 4 heteroatoms. The molecule has 1 saturated heterocycles. The van der Waals surface area contributed by atoms with Gasteiger partial charge in [0, 0.05) is 32.7 Å². The average Bonchev–Trinajstić information content (AvgIpc) is 2.16. The molecule has 0 atom stereocenters. The van der Waals surface area contributed by atoms with E-state index in [1.807, 2.05) is 0 Å². The predicted octanol–water partition coefficient (Wildman–Crippen LogP) is -0.582. The van der Waals surface area contributed by atoms with Crippen LogP contribution in [-0.2, 0) is 4.79 Å². The van der Waals surface area contributed by atoms with Crippen molar-refractivity contribution >= 4 is 5.91 Å². The first-order valence-electron chi connectivity index (χ1n) is 5.02. The Bertz CT molecular complexity index is 155. The van der Waals surface area contributed by atoms with Gasteiger partial charge in [-0.25, -0.2) is 0 Å². The molecule has 1 amide bonds. The van der Waals surface area contributed by atoms with Gasteiger partial charge >= 0.3 is 0 Å². The maximum Gasteiger partial charge on any atom is 0.234 e. The summed E-state index contributed by atoms with van der Waals surface area (Å²) in [6, 6.07) is 0. The van der Waals surface area contributed by atoms with E-state index in [1.165, 1.54) is 0 Å². The second kappa shape index (κ2) is 5.94. The van der Waals surface area contributed by atoms with Gasteiger partial charge in [0.05, 0.1) is 6.54 Å². The van der Waals surface area contributed by atoms with Gasteiger partial charge in [-0.15, -0.1) is 0 Å². The summed E-state index contributed by atoms with van der Waals surface area (Å²) in [5, 5.41) is 6.14. The normalized spacial score (nSPS) is 18.5. The number of rotatable bonds is 4. The molecule has 13 heavy (non-hydrogen) atoms. The zero-order chi connectivity index (χ0) is 9.52. The molecule has 2 N–H and O–H groups in total. The molecule has 4 nitrogen and oxygen atoms in total. The van der Waals surface area contributed by atoms with Crippen LogP contribution < -0.4 is 10.6 Å². The van der Waals surface area contributed by atoms with Gasteiger partial charge in [0.2, 0.25) is 5.91 Å². The molecule has 1 fully saturated rings. The van der Waals surface area contributed by atoms with Crippen LogP contribution in [0, 0.1) is 0 Å². The lowest BCUT2D eigenvalue weighted by atomic mass is 10.3. The maximum atomic E-state index is 11.3. The number of carbonyl (C=O) groups is 1. The van der Waals surface area contributed by atoms with Gasteiger partial charge < -0.3 is 10.6 Å². The summed E-state index contributed by atoms with van der Waals surface area (Å²) in [6.07, 6.45) is 1.01. The fourth-order valence-corrected chi connectivity index (χ4v) is 1.39. The minimum Gasteiger partial charge on any atom is -0.355 e. The van der Waals surface area contributed by atoms with Crippen molar-refractivity contribution in [2.75, 3.05) is 39.3 Å². The summed E-state index contributed by atoms with van der Waals surface area (Å²) >= 11 is 0. The van der Waals surface area contributed by atoms with E-state index in [1.54, 1.807) is 0 Å². The van der Waals surface area contributed by atoms with Crippen LogP contribution in [0.25, 0.3) is 0 Å². The van der Waals surface area contributed by atoms with E-state index in [2.05, 4.69) is 22.5 Å². The number of carbonyl (C=O) groups excluding carboxylic acids is 1. The van der Waals surface area contributed by atoms with Crippen LogP contribution >= 0.6 is 0 Å². The number of hydrogen-bond acceptors (Lipinski definition) is 3. The zero-order valence-corrected chi connectivity index (χ0v) is 8.31. The molecule has 0 bridgehead atoms. The van der Waals surface area contributed by atoms with Gasteiger partial charge in [0.15, 0.2) is 0 Å². The van der Waals surface area contributed by atoms with E-state index < -0.39 is 0 Å². The Balaban J connectivity index is 2.11. The van der Waals surface area contributed by atoms with E-state index in [-0.39, 0.29) is 5.91 Å². The Kier molecular flexibility index (Phi) is 4.78. The Morgan fingerprint density at radius 1 is 1.46 bits per heavy atom. The summed E-state index contributed by atoms with van der Waals surface area (Å²) in [6.45, 7) is 7.39. The number of amides is 1. The first-order valence-corrected chi connectivity index (χ1v) is 5.02. The van der Waals surface area contributed by atoms with Gasteiger partial charge in [0.25, 0.3) is 0 Å². The summed E-state index contributed by atoms with van der Waals surface area (Å²) in [5.74, 6) is 0.156. The van der Waals surface area contributed by atoms with Crippen LogP contribution in [0.1, 0.15) is 13.3 Å². The third kappa shape index (κ3) is 4.24. The van der Waals surface area contributed by atoms with Crippen molar-refractivity contribution < 1.29 is 4.79 Å². The quantitative estimate of drug-likeness (QED) is 0.616.